The van der Waals surface area contributed by atoms with Gasteiger partial charge in [-0.15, -0.1) is 0 Å². The van der Waals surface area contributed by atoms with Gasteiger partial charge >= 0.3 is 0 Å². The van der Waals surface area contributed by atoms with Crippen molar-refractivity contribution in [2.75, 3.05) is 11.9 Å². The Balaban J connectivity index is 1.95. The quantitative estimate of drug-likeness (QED) is 0.775. The maximum Gasteiger partial charge on any atom is 0.255 e. The van der Waals surface area contributed by atoms with Gasteiger partial charge in [-0.2, -0.15) is 0 Å². The fourth-order valence-electron chi connectivity index (χ4n) is 1.98. The third-order valence-corrected chi connectivity index (χ3v) is 2.95. The number of primary amides is 1. The van der Waals surface area contributed by atoms with E-state index in [1.807, 2.05) is 30.7 Å². The lowest BCUT2D eigenvalue weighted by Crippen LogP contribution is -2.20. The molecule has 0 spiro atoms. The van der Waals surface area contributed by atoms with Crippen molar-refractivity contribution in [3.63, 3.8) is 0 Å². The number of benzene rings is 1. The van der Waals surface area contributed by atoms with Crippen LogP contribution in [0, 0.1) is 0 Å². The smallest absolute Gasteiger partial charge is 0.255 e. The van der Waals surface area contributed by atoms with Gasteiger partial charge in [0, 0.05) is 24.5 Å². The van der Waals surface area contributed by atoms with Gasteiger partial charge in [-0.3, -0.25) is 4.79 Å². The molecule has 2 rings (SSSR count). The molecule has 0 bridgehead atoms. The monoisotopic (exact) mass is 288 g/mol. The van der Waals surface area contributed by atoms with Crippen LogP contribution in [-0.2, 0) is 17.9 Å². The molecule has 112 valence electrons. The molecule has 0 aliphatic carbocycles. The van der Waals surface area contributed by atoms with Gasteiger partial charge < -0.3 is 20.4 Å². The van der Waals surface area contributed by atoms with Crippen molar-refractivity contribution >= 4 is 11.6 Å². The maximum absolute atomic E-state index is 10.7. The second-order valence-corrected chi connectivity index (χ2v) is 4.71. The van der Waals surface area contributed by atoms with Crippen molar-refractivity contribution in [2.24, 2.45) is 5.73 Å². The second-order valence-electron chi connectivity index (χ2n) is 4.71. The van der Waals surface area contributed by atoms with Crippen LogP contribution in [0.4, 0.5) is 5.69 Å². The molecule has 0 aliphatic rings. The van der Waals surface area contributed by atoms with Gasteiger partial charge in [0.05, 0.1) is 18.6 Å². The fourth-order valence-corrected chi connectivity index (χ4v) is 1.98. The first-order valence-corrected chi connectivity index (χ1v) is 6.93. The second kappa shape index (κ2) is 7.33. The summed E-state index contributed by atoms with van der Waals surface area (Å²) in [7, 11) is 0. The minimum Gasteiger partial charge on any atom is -0.484 e. The third kappa shape index (κ3) is 4.52. The normalized spacial score (nSPS) is 10.3. The highest BCUT2D eigenvalue weighted by Crippen LogP contribution is 2.18. The number of nitrogens with one attached hydrogen (secondary N) is 1. The molecule has 2 aromatic rings. The number of ether oxygens (including phenoxy) is 1. The van der Waals surface area contributed by atoms with E-state index < -0.39 is 5.91 Å². The first-order valence-electron chi connectivity index (χ1n) is 6.93. The number of hydrogen-bond donors (Lipinski definition) is 2. The first-order chi connectivity index (χ1) is 10.2. The number of nitrogens with two attached hydrogens (primary N) is 1. The number of aryl methyl sites for hydroxylation is 1. The van der Waals surface area contributed by atoms with E-state index in [2.05, 4.69) is 21.8 Å². The zero-order chi connectivity index (χ0) is 15.1. The molecule has 3 N–H and O–H groups in total. The van der Waals surface area contributed by atoms with Crippen LogP contribution in [0.2, 0.25) is 0 Å². The molecule has 0 saturated heterocycles. The van der Waals surface area contributed by atoms with Crippen molar-refractivity contribution in [3.05, 3.63) is 42.5 Å². The summed E-state index contributed by atoms with van der Waals surface area (Å²) in [4.78, 5) is 14.9. The lowest BCUT2D eigenvalue weighted by molar-refractivity contribution is -0.119. The topological polar surface area (TPSA) is 82.2 Å². The minimum atomic E-state index is -0.489. The molecular formula is C15H20N4O2. The van der Waals surface area contributed by atoms with Crippen LogP contribution < -0.4 is 15.8 Å². The number of imidazole rings is 1. The van der Waals surface area contributed by atoms with E-state index in [0.29, 0.717) is 12.3 Å². The average Bonchev–Trinajstić information content (AvgIpc) is 2.91. The number of carbonyl (C=O) groups is 1. The number of anilines is 1. The summed E-state index contributed by atoms with van der Waals surface area (Å²) in [5.74, 6) is 0.123. The Kier molecular flexibility index (Phi) is 5.20. The molecule has 1 heterocycles. The summed E-state index contributed by atoms with van der Waals surface area (Å²) >= 11 is 0. The molecule has 1 aromatic heterocycles. The van der Waals surface area contributed by atoms with Crippen molar-refractivity contribution in [1.29, 1.82) is 0 Å². The van der Waals surface area contributed by atoms with Crippen LogP contribution in [0.5, 0.6) is 5.75 Å². The number of amides is 1. The molecule has 1 amide bonds. The van der Waals surface area contributed by atoms with E-state index in [4.69, 9.17) is 10.5 Å². The highest BCUT2D eigenvalue weighted by Gasteiger charge is 2.03. The highest BCUT2D eigenvalue weighted by atomic mass is 16.5. The Morgan fingerprint density at radius 3 is 3.10 bits per heavy atom. The summed E-state index contributed by atoms with van der Waals surface area (Å²) in [6.45, 7) is 3.65. The van der Waals surface area contributed by atoms with Crippen molar-refractivity contribution < 1.29 is 9.53 Å². The lowest BCUT2D eigenvalue weighted by Gasteiger charge is -2.10. The van der Waals surface area contributed by atoms with Gasteiger partial charge in [0.1, 0.15) is 5.75 Å². The summed E-state index contributed by atoms with van der Waals surface area (Å²) in [5, 5.41) is 3.32. The Labute approximate surface area is 123 Å². The van der Waals surface area contributed by atoms with Crippen LogP contribution in [0.15, 0.2) is 36.8 Å². The van der Waals surface area contributed by atoms with Crippen molar-refractivity contribution in [1.82, 2.24) is 9.55 Å². The Morgan fingerprint density at radius 1 is 1.48 bits per heavy atom. The van der Waals surface area contributed by atoms with Gasteiger partial charge in [-0.25, -0.2) is 4.98 Å². The van der Waals surface area contributed by atoms with Gasteiger partial charge in [-0.1, -0.05) is 13.0 Å². The molecule has 0 atom stereocenters. The summed E-state index contributed by atoms with van der Waals surface area (Å²) in [6.07, 6.45) is 4.77. The van der Waals surface area contributed by atoms with Crippen LogP contribution in [0.25, 0.3) is 0 Å². The van der Waals surface area contributed by atoms with Crippen molar-refractivity contribution in [3.8, 4) is 5.75 Å². The summed E-state index contributed by atoms with van der Waals surface area (Å²) < 4.78 is 7.40. The summed E-state index contributed by atoms with van der Waals surface area (Å²) in [5.41, 5.74) is 7.10. The zero-order valence-corrected chi connectivity index (χ0v) is 12.1. The standard InChI is InChI=1S/C15H20N4O2/c1-2-6-19-11-17-8-13(19)9-18-12-4-3-5-14(7-12)21-10-15(16)20/h3-5,7-8,11,18H,2,6,9-10H2,1H3,(H2,16,20). The van der Waals surface area contributed by atoms with E-state index in [-0.39, 0.29) is 6.61 Å². The highest BCUT2D eigenvalue weighted by molar-refractivity contribution is 5.75. The SMILES string of the molecule is CCCn1cncc1CNc1cccc(OCC(N)=O)c1. The van der Waals surface area contributed by atoms with Gasteiger partial charge in [0.15, 0.2) is 6.61 Å². The van der Waals surface area contributed by atoms with E-state index in [1.165, 1.54) is 0 Å². The number of rotatable bonds is 8. The molecule has 0 unspecified atom stereocenters. The first kappa shape index (κ1) is 14.9. The molecular weight excluding hydrogens is 268 g/mol. The van der Waals surface area contributed by atoms with Crippen LogP contribution in [0.3, 0.4) is 0 Å². The fraction of sp³-hybridized carbons (Fsp3) is 0.333. The van der Waals surface area contributed by atoms with Crippen molar-refractivity contribution in [2.45, 2.75) is 26.4 Å². The average molecular weight is 288 g/mol. The molecule has 21 heavy (non-hydrogen) atoms. The van der Waals surface area contributed by atoms with E-state index in [0.717, 1.165) is 24.3 Å². The molecule has 0 saturated carbocycles. The van der Waals surface area contributed by atoms with Gasteiger partial charge in [0.2, 0.25) is 0 Å². The maximum atomic E-state index is 10.7. The predicted octanol–water partition coefficient (Wildman–Crippen LogP) is 1.77. The molecule has 6 nitrogen and oxygen atoms in total. The zero-order valence-electron chi connectivity index (χ0n) is 12.1. The summed E-state index contributed by atoms with van der Waals surface area (Å²) in [6, 6.07) is 7.43. The van der Waals surface area contributed by atoms with Gasteiger partial charge in [-0.05, 0) is 18.6 Å². The van der Waals surface area contributed by atoms with E-state index in [1.54, 1.807) is 6.07 Å². The van der Waals surface area contributed by atoms with Crippen LogP contribution in [-0.4, -0.2) is 22.1 Å². The molecule has 0 fully saturated rings. The number of hydrogen-bond acceptors (Lipinski definition) is 4. The van der Waals surface area contributed by atoms with E-state index >= 15 is 0 Å². The Morgan fingerprint density at radius 2 is 2.33 bits per heavy atom. The molecule has 6 heteroatoms. The van der Waals surface area contributed by atoms with Gasteiger partial charge in [0.25, 0.3) is 5.91 Å². The minimum absolute atomic E-state index is 0.118. The molecule has 1 aromatic carbocycles. The molecule has 0 aliphatic heterocycles. The molecule has 0 radical (unpaired) electrons. The number of aromatic nitrogens is 2. The Bertz CT molecular complexity index is 595. The largest absolute Gasteiger partial charge is 0.484 e. The van der Waals surface area contributed by atoms with E-state index in [9.17, 15) is 4.79 Å². The lowest BCUT2D eigenvalue weighted by atomic mass is 10.3. The van der Waals surface area contributed by atoms with Crippen LogP contribution >= 0.6 is 0 Å². The van der Waals surface area contributed by atoms with Crippen LogP contribution in [0.1, 0.15) is 19.0 Å². The Hall–Kier alpha value is -2.50. The predicted molar refractivity (Wildman–Crippen MR) is 81.0 cm³/mol. The number of carbonyl (C=O) groups excluding carboxylic acids is 1. The number of nitrogens with zero attached hydrogens (tertiary/aromatic N) is 2. The third-order valence-electron chi connectivity index (χ3n) is 2.95.